The number of ether oxygens (including phenoxy) is 3. The number of carbonyl (C=O) groups is 1. The van der Waals surface area contributed by atoms with Gasteiger partial charge in [-0.1, -0.05) is 0 Å². The Morgan fingerprint density at radius 2 is 1.61 bits per heavy atom. The van der Waals surface area contributed by atoms with Crippen LogP contribution in [-0.4, -0.2) is 33.5 Å². The molecular weight excluding hydrogens is 364 g/mol. The second-order valence-electron chi connectivity index (χ2n) is 7.14. The van der Waals surface area contributed by atoms with Gasteiger partial charge < -0.3 is 29.5 Å². The predicted octanol–water partition coefficient (Wildman–Crippen LogP) is 3.63. The topological polar surface area (TPSA) is 105 Å². The monoisotopic (exact) mass is 388 g/mol. The molecule has 2 atom stereocenters. The highest BCUT2D eigenvalue weighted by atomic mass is 16.6. The minimum absolute atomic E-state index is 0.00695. The number of hydrogen-bond donors (Lipinski definition) is 3. The van der Waals surface area contributed by atoms with Crippen LogP contribution in [0.15, 0.2) is 12.1 Å². The van der Waals surface area contributed by atoms with Crippen LogP contribution in [0.5, 0.6) is 28.7 Å². The van der Waals surface area contributed by atoms with Crippen molar-refractivity contribution in [3.8, 4) is 28.7 Å². The molecule has 2 aromatic carbocycles. The maximum Gasteiger partial charge on any atom is 0.347 e. The molecule has 1 heterocycles. The van der Waals surface area contributed by atoms with Crippen LogP contribution in [0.3, 0.4) is 0 Å². The number of esters is 1. The van der Waals surface area contributed by atoms with Gasteiger partial charge in [0.25, 0.3) is 0 Å². The number of benzene rings is 2. The first kappa shape index (κ1) is 20.0. The summed E-state index contributed by atoms with van der Waals surface area (Å²) in [6.07, 6.45) is -1.19. The molecule has 150 valence electrons. The second-order valence-corrected chi connectivity index (χ2v) is 7.14. The van der Waals surface area contributed by atoms with Crippen LogP contribution in [0.25, 0.3) is 0 Å². The van der Waals surface area contributed by atoms with Crippen molar-refractivity contribution in [2.24, 2.45) is 0 Å². The number of phenolic OH excluding ortho intramolecular Hbond substituents is 2. The smallest absolute Gasteiger partial charge is 0.347 e. The average molecular weight is 388 g/mol. The van der Waals surface area contributed by atoms with Gasteiger partial charge in [-0.15, -0.1) is 0 Å². The highest BCUT2D eigenvalue weighted by molar-refractivity contribution is 5.98. The number of carbonyl (C=O) groups excluding carboxylic acids is 1. The van der Waals surface area contributed by atoms with E-state index >= 15 is 0 Å². The molecule has 0 unspecified atom stereocenters. The predicted molar refractivity (Wildman–Crippen MR) is 101 cm³/mol. The molecule has 2 aromatic rings. The van der Waals surface area contributed by atoms with E-state index in [1.54, 1.807) is 34.6 Å². The molecule has 7 heteroatoms. The van der Waals surface area contributed by atoms with Crippen molar-refractivity contribution in [3.05, 3.63) is 39.9 Å². The molecule has 0 fully saturated rings. The van der Waals surface area contributed by atoms with Crippen LogP contribution in [0.4, 0.5) is 0 Å². The van der Waals surface area contributed by atoms with E-state index in [2.05, 4.69) is 0 Å². The van der Waals surface area contributed by atoms with Crippen LogP contribution in [0.2, 0.25) is 0 Å². The molecule has 0 aromatic heterocycles. The van der Waals surface area contributed by atoms with Crippen molar-refractivity contribution >= 4 is 5.97 Å². The largest absolute Gasteiger partial charge is 0.508 e. The van der Waals surface area contributed by atoms with Gasteiger partial charge in [0.2, 0.25) is 0 Å². The summed E-state index contributed by atoms with van der Waals surface area (Å²) in [5, 5.41) is 30.2. The Bertz CT molecular complexity index is 947. The van der Waals surface area contributed by atoms with Crippen molar-refractivity contribution < 1.29 is 34.3 Å². The summed E-state index contributed by atoms with van der Waals surface area (Å²) < 4.78 is 17.2. The maximum atomic E-state index is 12.8. The molecule has 3 rings (SSSR count). The minimum Gasteiger partial charge on any atom is -0.508 e. The summed E-state index contributed by atoms with van der Waals surface area (Å²) in [5.41, 5.74) is 1.89. The van der Waals surface area contributed by atoms with E-state index in [0.29, 0.717) is 16.7 Å². The quantitative estimate of drug-likeness (QED) is 0.542. The van der Waals surface area contributed by atoms with Crippen molar-refractivity contribution in [2.75, 3.05) is 0 Å². The molecule has 0 saturated carbocycles. The summed E-state index contributed by atoms with van der Waals surface area (Å²) in [7, 11) is 0. The number of aromatic hydroxyl groups is 2. The van der Waals surface area contributed by atoms with Crippen LogP contribution in [0.1, 0.15) is 46.5 Å². The van der Waals surface area contributed by atoms with Gasteiger partial charge in [0.1, 0.15) is 17.1 Å². The maximum absolute atomic E-state index is 12.8. The minimum atomic E-state index is -0.703. The van der Waals surface area contributed by atoms with Gasteiger partial charge in [-0.2, -0.15) is 0 Å². The molecule has 0 aliphatic carbocycles. The third-order valence-corrected chi connectivity index (χ3v) is 4.97. The lowest BCUT2D eigenvalue weighted by molar-refractivity contribution is -0.0278. The molecule has 0 bridgehead atoms. The Kier molecular flexibility index (Phi) is 5.23. The molecule has 0 radical (unpaired) electrons. The SMILES string of the molecule is Cc1cc(O)c(C)c2c1Oc1c(CO[C@@H](C)[C@H](C)O)c(O)cc(C)c1C(=O)O2. The Morgan fingerprint density at radius 1 is 0.964 bits per heavy atom. The Hall–Kier alpha value is -2.77. The van der Waals surface area contributed by atoms with Crippen molar-refractivity contribution in [2.45, 2.75) is 53.4 Å². The van der Waals surface area contributed by atoms with Gasteiger partial charge in [-0.25, -0.2) is 4.79 Å². The number of aryl methyl sites for hydroxylation is 2. The van der Waals surface area contributed by atoms with E-state index in [1.165, 1.54) is 12.1 Å². The van der Waals surface area contributed by atoms with Crippen LogP contribution in [-0.2, 0) is 11.3 Å². The van der Waals surface area contributed by atoms with E-state index in [1.807, 2.05) is 0 Å². The number of hydrogen-bond acceptors (Lipinski definition) is 7. The summed E-state index contributed by atoms with van der Waals surface area (Å²) in [6.45, 7) is 8.24. The summed E-state index contributed by atoms with van der Waals surface area (Å²) in [6, 6.07) is 2.97. The average Bonchev–Trinajstić information content (AvgIpc) is 2.76. The number of phenols is 2. The number of aliphatic hydroxyl groups is 1. The molecule has 7 nitrogen and oxygen atoms in total. The van der Waals surface area contributed by atoms with Gasteiger partial charge >= 0.3 is 5.97 Å². The fourth-order valence-electron chi connectivity index (χ4n) is 3.01. The zero-order chi connectivity index (χ0) is 20.7. The van der Waals surface area contributed by atoms with Gasteiger partial charge in [0, 0.05) is 5.56 Å². The normalized spacial score (nSPS) is 15.0. The Labute approximate surface area is 163 Å². The molecule has 3 N–H and O–H groups in total. The van der Waals surface area contributed by atoms with Crippen molar-refractivity contribution in [1.82, 2.24) is 0 Å². The van der Waals surface area contributed by atoms with Crippen LogP contribution < -0.4 is 9.47 Å². The molecule has 0 amide bonds. The Balaban J connectivity index is 2.16. The van der Waals surface area contributed by atoms with Gasteiger partial charge in [0.05, 0.1) is 24.4 Å². The molecule has 1 aliphatic rings. The van der Waals surface area contributed by atoms with E-state index < -0.39 is 18.2 Å². The zero-order valence-electron chi connectivity index (χ0n) is 16.5. The standard InChI is InChI=1S/C21H24O7/c1-9-6-16(24)14(8-26-13(5)12(4)22)20-17(9)21(25)28-19-11(3)15(23)7-10(2)18(19)27-20/h6-7,12-13,22-24H,8H2,1-5H3/t12-,13-/m0/s1. The lowest BCUT2D eigenvalue weighted by Gasteiger charge is -2.20. The van der Waals surface area contributed by atoms with Gasteiger partial charge in [-0.05, 0) is 57.9 Å². The van der Waals surface area contributed by atoms with E-state index in [0.717, 1.165) is 0 Å². The zero-order valence-corrected chi connectivity index (χ0v) is 16.5. The lowest BCUT2D eigenvalue weighted by atomic mass is 10.0. The number of fused-ring (bicyclic) bond motifs is 2. The fourth-order valence-corrected chi connectivity index (χ4v) is 3.01. The third kappa shape index (κ3) is 3.39. The molecule has 1 aliphatic heterocycles. The third-order valence-electron chi connectivity index (χ3n) is 4.97. The van der Waals surface area contributed by atoms with Gasteiger partial charge in [-0.3, -0.25) is 0 Å². The van der Waals surface area contributed by atoms with E-state index in [-0.39, 0.29) is 46.5 Å². The fraction of sp³-hybridized carbons (Fsp3) is 0.381. The first-order chi connectivity index (χ1) is 13.1. The lowest BCUT2D eigenvalue weighted by Crippen LogP contribution is -2.22. The van der Waals surface area contributed by atoms with Gasteiger partial charge in [0.15, 0.2) is 17.2 Å². The highest BCUT2D eigenvalue weighted by Crippen LogP contribution is 2.48. The molecule has 0 spiro atoms. The first-order valence-corrected chi connectivity index (χ1v) is 9.00. The second kappa shape index (κ2) is 7.33. The molecule has 0 saturated heterocycles. The van der Waals surface area contributed by atoms with Crippen molar-refractivity contribution in [1.29, 1.82) is 0 Å². The number of aliphatic hydroxyl groups excluding tert-OH is 1. The molecule has 28 heavy (non-hydrogen) atoms. The number of rotatable bonds is 4. The summed E-state index contributed by atoms with van der Waals surface area (Å²) in [5.74, 6) is -0.165. The molecular formula is C21H24O7. The van der Waals surface area contributed by atoms with E-state index in [4.69, 9.17) is 14.2 Å². The van der Waals surface area contributed by atoms with Crippen molar-refractivity contribution in [3.63, 3.8) is 0 Å². The van der Waals surface area contributed by atoms with E-state index in [9.17, 15) is 20.1 Å². The Morgan fingerprint density at radius 3 is 2.25 bits per heavy atom. The summed E-state index contributed by atoms with van der Waals surface area (Å²) in [4.78, 5) is 12.8. The highest BCUT2D eigenvalue weighted by Gasteiger charge is 2.32. The summed E-state index contributed by atoms with van der Waals surface area (Å²) >= 11 is 0. The van der Waals surface area contributed by atoms with Crippen LogP contribution in [0, 0.1) is 20.8 Å². The van der Waals surface area contributed by atoms with Crippen LogP contribution >= 0.6 is 0 Å². The first-order valence-electron chi connectivity index (χ1n) is 9.00.